The van der Waals surface area contributed by atoms with E-state index in [0.29, 0.717) is 11.6 Å². The largest absolute Gasteiger partial charge is 0.493 e. The number of thioether (sulfide) groups is 1. The van der Waals surface area contributed by atoms with Gasteiger partial charge in [-0.25, -0.2) is 0 Å². The Kier molecular flexibility index (Phi) is 6.08. The Morgan fingerprint density at radius 1 is 1.14 bits per heavy atom. The van der Waals surface area contributed by atoms with E-state index in [2.05, 4.69) is 24.3 Å². The predicted molar refractivity (Wildman–Crippen MR) is 94.4 cm³/mol. The summed E-state index contributed by atoms with van der Waals surface area (Å²) in [6, 6.07) is 16.3. The van der Waals surface area contributed by atoms with Crippen molar-refractivity contribution in [3.8, 4) is 5.75 Å². The van der Waals surface area contributed by atoms with Crippen molar-refractivity contribution in [1.82, 2.24) is 0 Å². The number of rotatable bonds is 7. The average Bonchev–Trinajstić information content (AvgIpc) is 2.52. The van der Waals surface area contributed by atoms with Crippen LogP contribution < -0.4 is 10.5 Å². The molecule has 0 aromatic heterocycles. The maximum absolute atomic E-state index is 5.88. The number of aryl methyl sites for hydroxylation is 1. The average molecular weight is 317 g/mol. The lowest BCUT2D eigenvalue weighted by Gasteiger charge is -2.13. The molecule has 2 rings (SSSR count). The quantitative estimate of drug-likeness (QED) is 0.474. The van der Waals surface area contributed by atoms with Crippen molar-refractivity contribution in [2.45, 2.75) is 17.7 Å². The summed E-state index contributed by atoms with van der Waals surface area (Å²) in [4.78, 5) is 1.45. The summed E-state index contributed by atoms with van der Waals surface area (Å²) in [5.74, 6) is 0.780. The van der Waals surface area contributed by atoms with Gasteiger partial charge in [0.15, 0.2) is 0 Å². The second-order valence-electron chi connectivity index (χ2n) is 4.64. The van der Waals surface area contributed by atoms with Gasteiger partial charge in [-0.15, -0.1) is 11.8 Å². The van der Waals surface area contributed by atoms with Gasteiger partial charge in [0.25, 0.3) is 0 Å². The van der Waals surface area contributed by atoms with Crippen LogP contribution in [-0.4, -0.2) is 17.9 Å². The van der Waals surface area contributed by atoms with E-state index in [1.54, 1.807) is 11.8 Å². The molecule has 0 bridgehead atoms. The second kappa shape index (κ2) is 8.05. The molecule has 0 spiro atoms. The summed E-state index contributed by atoms with van der Waals surface area (Å²) in [6.45, 7) is 0.655. The molecule has 21 heavy (non-hydrogen) atoms. The van der Waals surface area contributed by atoms with Crippen molar-refractivity contribution in [3.63, 3.8) is 0 Å². The minimum absolute atomic E-state index is 0.387. The van der Waals surface area contributed by atoms with Crippen LogP contribution in [0.4, 0.5) is 0 Å². The van der Waals surface area contributed by atoms with Gasteiger partial charge in [0, 0.05) is 4.90 Å². The third kappa shape index (κ3) is 4.48. The second-order valence-corrected chi connectivity index (χ2v) is 5.92. The number of ether oxygens (including phenoxy) is 1. The van der Waals surface area contributed by atoms with Crippen molar-refractivity contribution in [3.05, 3.63) is 59.7 Å². The molecule has 0 aliphatic rings. The van der Waals surface area contributed by atoms with E-state index >= 15 is 0 Å². The van der Waals surface area contributed by atoms with Crippen LogP contribution in [0.15, 0.2) is 53.4 Å². The van der Waals surface area contributed by atoms with Crippen LogP contribution in [0, 0.1) is 0 Å². The standard InChI is InChI=1S/C17H19NOS2/c1-21-15-11-5-10-14(16(15)17(18)20)19-12-6-9-13-7-3-2-4-8-13/h2-5,7-8,10-11H,6,9,12H2,1H3,(H2,18,20). The maximum Gasteiger partial charge on any atom is 0.130 e. The van der Waals surface area contributed by atoms with Crippen LogP contribution in [-0.2, 0) is 6.42 Å². The SMILES string of the molecule is CSc1cccc(OCCCc2ccccc2)c1C(N)=S. The normalized spacial score (nSPS) is 10.3. The minimum Gasteiger partial charge on any atom is -0.493 e. The Morgan fingerprint density at radius 2 is 1.90 bits per heavy atom. The fourth-order valence-electron chi connectivity index (χ4n) is 2.15. The minimum atomic E-state index is 0.387. The van der Waals surface area contributed by atoms with E-state index in [1.807, 2.05) is 30.5 Å². The van der Waals surface area contributed by atoms with Gasteiger partial charge >= 0.3 is 0 Å². The molecule has 2 aromatic carbocycles. The van der Waals surface area contributed by atoms with Crippen LogP contribution in [0.25, 0.3) is 0 Å². The summed E-state index contributed by atoms with van der Waals surface area (Å²) < 4.78 is 5.88. The molecule has 4 heteroatoms. The van der Waals surface area contributed by atoms with E-state index in [-0.39, 0.29) is 0 Å². The van der Waals surface area contributed by atoms with Crippen molar-refractivity contribution in [2.75, 3.05) is 12.9 Å². The molecule has 0 aliphatic heterocycles. The number of hydrogen-bond acceptors (Lipinski definition) is 3. The zero-order valence-electron chi connectivity index (χ0n) is 12.0. The third-order valence-corrected chi connectivity index (χ3v) is 4.15. The highest BCUT2D eigenvalue weighted by Crippen LogP contribution is 2.28. The van der Waals surface area contributed by atoms with E-state index in [4.69, 9.17) is 22.7 Å². The smallest absolute Gasteiger partial charge is 0.130 e. The van der Waals surface area contributed by atoms with Gasteiger partial charge < -0.3 is 10.5 Å². The number of hydrogen-bond donors (Lipinski definition) is 1. The molecular weight excluding hydrogens is 298 g/mol. The number of nitrogens with two attached hydrogens (primary N) is 1. The molecule has 0 atom stereocenters. The summed E-state index contributed by atoms with van der Waals surface area (Å²) in [6.07, 6.45) is 3.98. The van der Waals surface area contributed by atoms with E-state index < -0.39 is 0 Å². The Balaban J connectivity index is 1.95. The Morgan fingerprint density at radius 3 is 2.57 bits per heavy atom. The zero-order valence-corrected chi connectivity index (χ0v) is 13.7. The fourth-order valence-corrected chi connectivity index (χ4v) is 3.05. The van der Waals surface area contributed by atoms with E-state index in [0.717, 1.165) is 29.1 Å². The Labute approximate surface area is 135 Å². The Hall–Kier alpha value is -1.52. The van der Waals surface area contributed by atoms with Crippen molar-refractivity contribution in [1.29, 1.82) is 0 Å². The molecule has 0 radical (unpaired) electrons. The first-order valence-electron chi connectivity index (χ1n) is 6.86. The van der Waals surface area contributed by atoms with Crippen LogP contribution in [0.3, 0.4) is 0 Å². The van der Waals surface area contributed by atoms with Gasteiger partial charge in [-0.3, -0.25) is 0 Å². The van der Waals surface area contributed by atoms with Crippen LogP contribution in [0.5, 0.6) is 5.75 Å². The van der Waals surface area contributed by atoms with Crippen LogP contribution in [0.2, 0.25) is 0 Å². The zero-order chi connectivity index (χ0) is 15.1. The molecule has 0 fully saturated rings. The molecule has 0 saturated carbocycles. The van der Waals surface area contributed by atoms with Gasteiger partial charge in [0.1, 0.15) is 10.7 Å². The number of thiocarbonyl (C=S) groups is 1. The first-order valence-corrected chi connectivity index (χ1v) is 8.49. The lowest BCUT2D eigenvalue weighted by molar-refractivity contribution is 0.310. The molecule has 2 N–H and O–H groups in total. The molecular formula is C17H19NOS2. The molecule has 0 amide bonds. The molecule has 0 unspecified atom stereocenters. The molecule has 0 aliphatic carbocycles. The molecule has 0 saturated heterocycles. The predicted octanol–water partition coefficient (Wildman–Crippen LogP) is 4.05. The highest BCUT2D eigenvalue weighted by molar-refractivity contribution is 7.98. The van der Waals surface area contributed by atoms with E-state index in [9.17, 15) is 0 Å². The fraction of sp³-hybridized carbons (Fsp3) is 0.235. The topological polar surface area (TPSA) is 35.2 Å². The van der Waals surface area contributed by atoms with Crippen molar-refractivity contribution >= 4 is 29.0 Å². The lowest BCUT2D eigenvalue weighted by atomic mass is 10.1. The van der Waals surface area contributed by atoms with Gasteiger partial charge in [0.2, 0.25) is 0 Å². The van der Waals surface area contributed by atoms with Crippen LogP contribution >= 0.6 is 24.0 Å². The molecule has 110 valence electrons. The Bertz CT molecular complexity index is 599. The highest BCUT2D eigenvalue weighted by Gasteiger charge is 2.11. The number of benzene rings is 2. The van der Waals surface area contributed by atoms with E-state index in [1.165, 1.54) is 5.56 Å². The molecule has 0 heterocycles. The molecule has 2 aromatic rings. The van der Waals surface area contributed by atoms with Crippen LogP contribution in [0.1, 0.15) is 17.5 Å². The van der Waals surface area contributed by atoms with Gasteiger partial charge in [-0.1, -0.05) is 48.6 Å². The van der Waals surface area contributed by atoms with Gasteiger partial charge in [0.05, 0.1) is 12.2 Å². The maximum atomic E-state index is 5.88. The van der Waals surface area contributed by atoms with Gasteiger partial charge in [-0.2, -0.15) is 0 Å². The van der Waals surface area contributed by atoms with Crippen molar-refractivity contribution < 1.29 is 4.74 Å². The summed E-state index contributed by atoms with van der Waals surface area (Å²) in [5.41, 5.74) is 8.00. The van der Waals surface area contributed by atoms with Gasteiger partial charge in [-0.05, 0) is 36.8 Å². The van der Waals surface area contributed by atoms with Crippen molar-refractivity contribution in [2.24, 2.45) is 5.73 Å². The summed E-state index contributed by atoms with van der Waals surface area (Å²) in [5, 5.41) is 0. The monoisotopic (exact) mass is 317 g/mol. The third-order valence-electron chi connectivity index (χ3n) is 3.16. The summed E-state index contributed by atoms with van der Waals surface area (Å²) >= 11 is 6.77. The molecule has 2 nitrogen and oxygen atoms in total. The summed E-state index contributed by atoms with van der Waals surface area (Å²) in [7, 11) is 0. The first kappa shape index (κ1) is 15.9. The highest BCUT2D eigenvalue weighted by atomic mass is 32.2. The lowest BCUT2D eigenvalue weighted by Crippen LogP contribution is -2.13. The first-order chi connectivity index (χ1) is 10.2.